The predicted molar refractivity (Wildman–Crippen MR) is 71.5 cm³/mol. The van der Waals surface area contributed by atoms with Crippen LogP contribution in [0.25, 0.3) is 22.2 Å². The van der Waals surface area contributed by atoms with Crippen LogP contribution in [-0.2, 0) is 0 Å². The third-order valence-corrected chi connectivity index (χ3v) is 2.82. The van der Waals surface area contributed by atoms with Gasteiger partial charge >= 0.3 is 0 Å². The highest BCUT2D eigenvalue weighted by Gasteiger charge is 2.09. The second-order valence-corrected chi connectivity index (χ2v) is 3.95. The first-order valence-corrected chi connectivity index (χ1v) is 5.73. The maximum atomic E-state index is 5.36. The van der Waals surface area contributed by atoms with Crippen LogP contribution in [-0.4, -0.2) is 17.1 Å². The molecule has 3 heteroatoms. The summed E-state index contributed by atoms with van der Waals surface area (Å²) in [5.41, 5.74) is 2.71. The van der Waals surface area contributed by atoms with Crippen molar-refractivity contribution in [3.05, 3.63) is 54.7 Å². The van der Waals surface area contributed by atoms with Gasteiger partial charge in [0.25, 0.3) is 0 Å². The van der Waals surface area contributed by atoms with Gasteiger partial charge in [-0.2, -0.15) is 0 Å². The van der Waals surface area contributed by atoms with Gasteiger partial charge in [0.05, 0.1) is 23.9 Å². The molecule has 3 aromatic rings. The molecule has 1 aromatic carbocycles. The SMILES string of the molecule is COc1nc2ccccc2cc1-c1ccccn1. The molecule has 0 atom stereocenters. The van der Waals surface area contributed by atoms with Crippen molar-refractivity contribution in [3.8, 4) is 17.1 Å². The highest BCUT2D eigenvalue weighted by atomic mass is 16.5. The minimum Gasteiger partial charge on any atom is -0.480 e. The molecule has 3 rings (SSSR count). The zero-order chi connectivity index (χ0) is 12.4. The molecule has 0 amide bonds. The Hall–Kier alpha value is -2.42. The van der Waals surface area contributed by atoms with Gasteiger partial charge < -0.3 is 4.74 Å². The fraction of sp³-hybridized carbons (Fsp3) is 0.0667. The summed E-state index contributed by atoms with van der Waals surface area (Å²) in [4.78, 5) is 8.85. The molecule has 0 N–H and O–H groups in total. The second kappa shape index (κ2) is 4.45. The normalized spacial score (nSPS) is 10.5. The maximum absolute atomic E-state index is 5.36. The van der Waals surface area contributed by atoms with Crippen LogP contribution in [0.3, 0.4) is 0 Å². The topological polar surface area (TPSA) is 35.0 Å². The number of ether oxygens (including phenoxy) is 1. The van der Waals surface area contributed by atoms with E-state index in [2.05, 4.69) is 16.0 Å². The third-order valence-electron chi connectivity index (χ3n) is 2.82. The van der Waals surface area contributed by atoms with E-state index in [-0.39, 0.29) is 0 Å². The summed E-state index contributed by atoms with van der Waals surface area (Å²) in [6.07, 6.45) is 1.77. The van der Waals surface area contributed by atoms with Crippen molar-refractivity contribution in [2.45, 2.75) is 0 Å². The van der Waals surface area contributed by atoms with Gasteiger partial charge in [0, 0.05) is 11.6 Å². The lowest BCUT2D eigenvalue weighted by molar-refractivity contribution is 0.401. The van der Waals surface area contributed by atoms with Crippen molar-refractivity contribution < 1.29 is 4.74 Å². The molecule has 0 fully saturated rings. The Morgan fingerprint density at radius 3 is 2.61 bits per heavy atom. The van der Waals surface area contributed by atoms with Crippen molar-refractivity contribution >= 4 is 10.9 Å². The molecule has 0 aliphatic rings. The molecule has 0 radical (unpaired) electrons. The van der Waals surface area contributed by atoms with E-state index in [0.717, 1.165) is 22.2 Å². The molecule has 2 aromatic heterocycles. The Morgan fingerprint density at radius 2 is 1.83 bits per heavy atom. The van der Waals surface area contributed by atoms with Crippen LogP contribution in [0, 0.1) is 0 Å². The number of aromatic nitrogens is 2. The quantitative estimate of drug-likeness (QED) is 0.684. The van der Waals surface area contributed by atoms with Crippen LogP contribution < -0.4 is 4.74 Å². The molecule has 88 valence electrons. The average Bonchev–Trinajstić information content (AvgIpc) is 2.46. The van der Waals surface area contributed by atoms with E-state index in [1.54, 1.807) is 13.3 Å². The van der Waals surface area contributed by atoms with E-state index in [0.29, 0.717) is 5.88 Å². The van der Waals surface area contributed by atoms with Crippen molar-refractivity contribution in [1.29, 1.82) is 0 Å². The van der Waals surface area contributed by atoms with Crippen molar-refractivity contribution in [2.75, 3.05) is 7.11 Å². The number of para-hydroxylation sites is 1. The van der Waals surface area contributed by atoms with Crippen molar-refractivity contribution in [3.63, 3.8) is 0 Å². The molecule has 0 aliphatic heterocycles. The van der Waals surface area contributed by atoms with Crippen molar-refractivity contribution in [2.24, 2.45) is 0 Å². The molecular formula is C15H12N2O. The Kier molecular flexibility index (Phi) is 2.65. The summed E-state index contributed by atoms with van der Waals surface area (Å²) in [7, 11) is 1.63. The number of fused-ring (bicyclic) bond motifs is 1. The van der Waals surface area contributed by atoms with Crippen LogP contribution in [0.4, 0.5) is 0 Å². The molecule has 18 heavy (non-hydrogen) atoms. The highest BCUT2D eigenvalue weighted by molar-refractivity contribution is 5.85. The average molecular weight is 236 g/mol. The largest absolute Gasteiger partial charge is 0.480 e. The standard InChI is InChI=1S/C15H12N2O/c1-18-15-12(14-8-4-5-9-16-14)10-11-6-2-3-7-13(11)17-15/h2-10H,1H3. The van der Waals surface area contributed by atoms with Gasteiger partial charge in [-0.25, -0.2) is 4.98 Å². The number of pyridine rings is 2. The molecule has 0 saturated heterocycles. The molecule has 0 bridgehead atoms. The Labute approximate surface area is 105 Å². The van der Waals surface area contributed by atoms with Gasteiger partial charge in [-0.15, -0.1) is 0 Å². The minimum atomic E-state index is 0.604. The zero-order valence-corrected chi connectivity index (χ0v) is 10.00. The Bertz CT molecular complexity index is 680. The molecule has 3 nitrogen and oxygen atoms in total. The number of rotatable bonds is 2. The van der Waals surface area contributed by atoms with E-state index in [1.165, 1.54) is 0 Å². The van der Waals surface area contributed by atoms with Gasteiger partial charge in [0.2, 0.25) is 5.88 Å². The number of hydrogen-bond acceptors (Lipinski definition) is 3. The molecule has 0 aliphatic carbocycles. The molecule has 0 spiro atoms. The number of nitrogens with zero attached hydrogens (tertiary/aromatic N) is 2. The molecule has 2 heterocycles. The molecule has 0 unspecified atom stereocenters. The highest BCUT2D eigenvalue weighted by Crippen LogP contribution is 2.29. The first kappa shape index (κ1) is 10.7. The number of benzene rings is 1. The zero-order valence-electron chi connectivity index (χ0n) is 10.00. The maximum Gasteiger partial charge on any atom is 0.223 e. The lowest BCUT2D eigenvalue weighted by Crippen LogP contribution is -1.93. The summed E-state index contributed by atoms with van der Waals surface area (Å²) in [6.45, 7) is 0. The number of methoxy groups -OCH3 is 1. The van der Waals surface area contributed by atoms with E-state index >= 15 is 0 Å². The fourth-order valence-corrected chi connectivity index (χ4v) is 1.96. The van der Waals surface area contributed by atoms with Gasteiger partial charge in [-0.05, 0) is 24.3 Å². The lowest BCUT2D eigenvalue weighted by Gasteiger charge is -2.08. The van der Waals surface area contributed by atoms with Gasteiger partial charge in [0.15, 0.2) is 0 Å². The summed E-state index contributed by atoms with van der Waals surface area (Å²) < 4.78 is 5.36. The van der Waals surface area contributed by atoms with E-state index in [4.69, 9.17) is 4.74 Å². The minimum absolute atomic E-state index is 0.604. The summed E-state index contributed by atoms with van der Waals surface area (Å²) in [6, 6.07) is 15.8. The van der Waals surface area contributed by atoms with Crippen LogP contribution >= 0.6 is 0 Å². The molecular weight excluding hydrogens is 224 g/mol. The van der Waals surface area contributed by atoms with Gasteiger partial charge in [0.1, 0.15) is 0 Å². The summed E-state index contributed by atoms with van der Waals surface area (Å²) in [5.74, 6) is 0.604. The van der Waals surface area contributed by atoms with Gasteiger partial charge in [-0.1, -0.05) is 24.3 Å². The van der Waals surface area contributed by atoms with Crippen LogP contribution in [0.5, 0.6) is 5.88 Å². The van der Waals surface area contributed by atoms with E-state index < -0.39 is 0 Å². The first-order chi connectivity index (χ1) is 8.88. The predicted octanol–water partition coefficient (Wildman–Crippen LogP) is 3.31. The van der Waals surface area contributed by atoms with Crippen LogP contribution in [0.1, 0.15) is 0 Å². The summed E-state index contributed by atoms with van der Waals surface area (Å²) in [5, 5.41) is 1.08. The fourth-order valence-electron chi connectivity index (χ4n) is 1.96. The van der Waals surface area contributed by atoms with Crippen molar-refractivity contribution in [1.82, 2.24) is 9.97 Å². The van der Waals surface area contributed by atoms with Gasteiger partial charge in [-0.3, -0.25) is 4.98 Å². The Morgan fingerprint density at radius 1 is 1.00 bits per heavy atom. The van der Waals surface area contributed by atoms with Crippen LogP contribution in [0.2, 0.25) is 0 Å². The van der Waals surface area contributed by atoms with E-state index in [1.807, 2.05) is 42.5 Å². The third kappa shape index (κ3) is 1.80. The smallest absolute Gasteiger partial charge is 0.223 e. The second-order valence-electron chi connectivity index (χ2n) is 3.95. The number of hydrogen-bond donors (Lipinski definition) is 0. The summed E-state index contributed by atoms with van der Waals surface area (Å²) >= 11 is 0. The molecule has 0 saturated carbocycles. The first-order valence-electron chi connectivity index (χ1n) is 5.73. The van der Waals surface area contributed by atoms with E-state index in [9.17, 15) is 0 Å². The Balaban J connectivity index is 2.27. The monoisotopic (exact) mass is 236 g/mol. The van der Waals surface area contributed by atoms with Crippen LogP contribution in [0.15, 0.2) is 54.7 Å². The lowest BCUT2D eigenvalue weighted by atomic mass is 10.1.